The number of rotatable bonds is 4. The van der Waals surface area contributed by atoms with Crippen LogP contribution in [0.4, 0.5) is 0 Å². The van der Waals surface area contributed by atoms with Crippen molar-refractivity contribution in [1.82, 2.24) is 10.3 Å². The predicted octanol–water partition coefficient (Wildman–Crippen LogP) is 1.67. The summed E-state index contributed by atoms with van der Waals surface area (Å²) in [6, 6.07) is 3.95. The lowest BCUT2D eigenvalue weighted by Gasteiger charge is -2.34. The van der Waals surface area contributed by atoms with E-state index in [1.165, 1.54) is 5.56 Å². The molecule has 2 aliphatic rings. The van der Waals surface area contributed by atoms with Crippen molar-refractivity contribution < 1.29 is 14.3 Å². The Balaban J connectivity index is 1.40. The Morgan fingerprint density at radius 1 is 1.24 bits per heavy atom. The molecule has 1 N–H and O–H groups in total. The third kappa shape index (κ3) is 3.60. The van der Waals surface area contributed by atoms with Gasteiger partial charge in [0.2, 0.25) is 5.91 Å². The molecule has 0 unspecified atom stereocenters. The fourth-order valence-corrected chi connectivity index (χ4v) is 3.13. The van der Waals surface area contributed by atoms with Gasteiger partial charge in [-0.2, -0.15) is 0 Å². The van der Waals surface area contributed by atoms with Crippen molar-refractivity contribution in [3.05, 3.63) is 30.1 Å². The molecule has 0 bridgehead atoms. The second-order valence-corrected chi connectivity index (χ2v) is 5.78. The second-order valence-electron chi connectivity index (χ2n) is 5.78. The summed E-state index contributed by atoms with van der Waals surface area (Å²) >= 11 is 0. The maximum absolute atomic E-state index is 12.2. The number of amides is 1. The van der Waals surface area contributed by atoms with Crippen LogP contribution in [0.15, 0.2) is 24.5 Å². The summed E-state index contributed by atoms with van der Waals surface area (Å²) in [5.74, 6) is -0.119. The fourth-order valence-electron chi connectivity index (χ4n) is 3.13. The maximum atomic E-state index is 12.2. The average molecular weight is 290 g/mol. The normalized spacial score (nSPS) is 21.5. The van der Waals surface area contributed by atoms with Gasteiger partial charge in [-0.1, -0.05) is 0 Å². The number of carbonyl (C=O) groups is 1. The zero-order valence-electron chi connectivity index (χ0n) is 12.2. The standard InChI is InChI=1S/C16H22N2O3/c19-15(18-10-5-13-3-8-17-9-4-13)14-1-6-16(7-2-14)20-11-12-21-16/h3-4,8-9,14H,1-2,5-7,10-12H2,(H,18,19). The van der Waals surface area contributed by atoms with Gasteiger partial charge >= 0.3 is 0 Å². The molecule has 1 aliphatic heterocycles. The lowest BCUT2D eigenvalue weighted by atomic mass is 9.84. The van der Waals surface area contributed by atoms with Crippen LogP contribution in [0.5, 0.6) is 0 Å². The van der Waals surface area contributed by atoms with Gasteiger partial charge in [-0.3, -0.25) is 9.78 Å². The highest BCUT2D eigenvalue weighted by Crippen LogP contribution is 2.38. The van der Waals surface area contributed by atoms with Crippen molar-refractivity contribution in [2.24, 2.45) is 5.92 Å². The number of ether oxygens (including phenoxy) is 2. The van der Waals surface area contributed by atoms with Gasteiger partial charge in [0.05, 0.1) is 13.2 Å². The topological polar surface area (TPSA) is 60.5 Å². The molecule has 1 saturated heterocycles. The van der Waals surface area contributed by atoms with E-state index < -0.39 is 0 Å². The molecule has 1 amide bonds. The molecule has 0 atom stereocenters. The van der Waals surface area contributed by atoms with E-state index in [2.05, 4.69) is 10.3 Å². The van der Waals surface area contributed by atoms with E-state index in [-0.39, 0.29) is 17.6 Å². The smallest absolute Gasteiger partial charge is 0.223 e. The van der Waals surface area contributed by atoms with Crippen molar-refractivity contribution in [2.45, 2.75) is 37.9 Å². The van der Waals surface area contributed by atoms with Crippen molar-refractivity contribution in [2.75, 3.05) is 19.8 Å². The van der Waals surface area contributed by atoms with Crippen LogP contribution in [0.3, 0.4) is 0 Å². The maximum Gasteiger partial charge on any atom is 0.223 e. The quantitative estimate of drug-likeness (QED) is 0.916. The van der Waals surface area contributed by atoms with E-state index in [0.717, 1.165) is 32.1 Å². The first-order chi connectivity index (χ1) is 10.3. The highest BCUT2D eigenvalue weighted by atomic mass is 16.7. The summed E-state index contributed by atoms with van der Waals surface area (Å²) in [6.45, 7) is 2.04. The molecule has 3 rings (SSSR count). The zero-order valence-corrected chi connectivity index (χ0v) is 12.2. The Labute approximate surface area is 125 Å². The highest BCUT2D eigenvalue weighted by molar-refractivity contribution is 5.78. The first-order valence-corrected chi connectivity index (χ1v) is 7.72. The summed E-state index contributed by atoms with van der Waals surface area (Å²) in [5.41, 5.74) is 1.20. The van der Waals surface area contributed by atoms with Crippen molar-refractivity contribution >= 4 is 5.91 Å². The Hall–Kier alpha value is -1.46. The summed E-state index contributed by atoms with van der Waals surface area (Å²) in [7, 11) is 0. The lowest BCUT2D eigenvalue weighted by Crippen LogP contribution is -2.40. The molecule has 2 heterocycles. The third-order valence-corrected chi connectivity index (χ3v) is 4.39. The number of hydrogen-bond acceptors (Lipinski definition) is 4. The van der Waals surface area contributed by atoms with Gasteiger partial charge in [0, 0.05) is 37.7 Å². The van der Waals surface area contributed by atoms with E-state index in [1.54, 1.807) is 12.4 Å². The number of pyridine rings is 1. The van der Waals surface area contributed by atoms with Crippen LogP contribution in [0, 0.1) is 5.92 Å². The molecule has 5 heteroatoms. The summed E-state index contributed by atoms with van der Waals surface area (Å²) in [6.07, 6.45) is 7.75. The largest absolute Gasteiger partial charge is 0.356 e. The summed E-state index contributed by atoms with van der Waals surface area (Å²) < 4.78 is 11.4. The van der Waals surface area contributed by atoms with E-state index in [4.69, 9.17) is 9.47 Å². The molecular formula is C16H22N2O3. The van der Waals surface area contributed by atoms with Crippen LogP contribution < -0.4 is 5.32 Å². The molecule has 1 aromatic heterocycles. The summed E-state index contributed by atoms with van der Waals surface area (Å²) in [5, 5.41) is 3.04. The van der Waals surface area contributed by atoms with Crippen molar-refractivity contribution in [3.8, 4) is 0 Å². The van der Waals surface area contributed by atoms with Crippen LogP contribution in [0.2, 0.25) is 0 Å². The molecule has 1 aromatic rings. The van der Waals surface area contributed by atoms with Crippen molar-refractivity contribution in [1.29, 1.82) is 0 Å². The van der Waals surface area contributed by atoms with Gasteiger partial charge in [0.15, 0.2) is 5.79 Å². The molecular weight excluding hydrogens is 268 g/mol. The minimum atomic E-state index is -0.381. The van der Waals surface area contributed by atoms with E-state index in [1.807, 2.05) is 12.1 Å². The molecule has 0 aromatic carbocycles. The zero-order chi connectivity index (χ0) is 14.5. The average Bonchev–Trinajstić information content (AvgIpc) is 2.97. The number of hydrogen-bond donors (Lipinski definition) is 1. The SMILES string of the molecule is O=C(NCCc1ccncc1)C1CCC2(CC1)OCCO2. The van der Waals surface area contributed by atoms with E-state index in [0.29, 0.717) is 19.8 Å². The minimum Gasteiger partial charge on any atom is -0.356 e. The molecule has 1 spiro atoms. The van der Waals surface area contributed by atoms with Gasteiger partial charge in [-0.05, 0) is 37.0 Å². The van der Waals surface area contributed by atoms with Crippen molar-refractivity contribution in [3.63, 3.8) is 0 Å². The van der Waals surface area contributed by atoms with Gasteiger partial charge in [0.1, 0.15) is 0 Å². The highest BCUT2D eigenvalue weighted by Gasteiger charge is 2.41. The fraction of sp³-hybridized carbons (Fsp3) is 0.625. The molecule has 1 saturated carbocycles. The van der Waals surface area contributed by atoms with Gasteiger partial charge in [-0.15, -0.1) is 0 Å². The van der Waals surface area contributed by atoms with Gasteiger partial charge < -0.3 is 14.8 Å². The third-order valence-electron chi connectivity index (χ3n) is 4.39. The second kappa shape index (κ2) is 6.54. The van der Waals surface area contributed by atoms with Crippen LogP contribution in [0.25, 0.3) is 0 Å². The van der Waals surface area contributed by atoms with Crippen LogP contribution in [-0.2, 0) is 20.7 Å². The first-order valence-electron chi connectivity index (χ1n) is 7.72. The molecule has 21 heavy (non-hydrogen) atoms. The van der Waals surface area contributed by atoms with Crippen LogP contribution in [-0.4, -0.2) is 36.4 Å². The molecule has 1 aliphatic carbocycles. The Morgan fingerprint density at radius 2 is 1.90 bits per heavy atom. The van der Waals surface area contributed by atoms with E-state index in [9.17, 15) is 4.79 Å². The van der Waals surface area contributed by atoms with Gasteiger partial charge in [0.25, 0.3) is 0 Å². The molecule has 0 radical (unpaired) electrons. The monoisotopic (exact) mass is 290 g/mol. The number of nitrogens with zero attached hydrogens (tertiary/aromatic N) is 1. The Morgan fingerprint density at radius 3 is 2.57 bits per heavy atom. The Kier molecular flexibility index (Phi) is 4.51. The first kappa shape index (κ1) is 14.5. The van der Waals surface area contributed by atoms with Crippen LogP contribution in [0.1, 0.15) is 31.2 Å². The van der Waals surface area contributed by atoms with Crippen LogP contribution >= 0.6 is 0 Å². The molecule has 5 nitrogen and oxygen atoms in total. The number of carbonyl (C=O) groups excluding carboxylic acids is 1. The summed E-state index contributed by atoms with van der Waals surface area (Å²) in [4.78, 5) is 16.2. The predicted molar refractivity (Wildman–Crippen MR) is 77.5 cm³/mol. The lowest BCUT2D eigenvalue weighted by molar-refractivity contribution is -0.183. The molecule has 2 fully saturated rings. The Bertz CT molecular complexity index is 462. The van der Waals surface area contributed by atoms with Gasteiger partial charge in [-0.25, -0.2) is 0 Å². The minimum absolute atomic E-state index is 0.0980. The number of aromatic nitrogens is 1. The molecule has 114 valence electrons. The van der Waals surface area contributed by atoms with E-state index >= 15 is 0 Å². The number of nitrogens with one attached hydrogen (secondary N) is 1.